The second-order valence-electron chi connectivity index (χ2n) is 9.71. The van der Waals surface area contributed by atoms with Gasteiger partial charge >= 0.3 is 0 Å². The number of anilines is 1. The molecule has 3 unspecified atom stereocenters. The van der Waals surface area contributed by atoms with Gasteiger partial charge in [-0.05, 0) is 66.5 Å². The quantitative estimate of drug-likeness (QED) is 0.492. The smallest absolute Gasteiger partial charge is 0.245 e. The molecule has 2 heterocycles. The third-order valence-electron chi connectivity index (χ3n) is 7.42. The standard InChI is InChI=1S/C27H35N5O2/c1-20-17-26(34-18-21-9-5-3-6-10-21)25(32(20)27-28-29-30-31(27)2)19-33-24-15-13-23(14-16-24)22-11-7-4-8-12-22/h3-12,20,23-26H,13-19H2,1-2H3. The molecule has 5 rings (SSSR count). The molecule has 0 radical (unpaired) electrons. The first-order chi connectivity index (χ1) is 16.7. The molecule has 1 saturated carbocycles. The molecule has 3 aromatic rings. The highest BCUT2D eigenvalue weighted by Crippen LogP contribution is 2.36. The first kappa shape index (κ1) is 23.0. The van der Waals surface area contributed by atoms with Crippen LogP contribution in [0.15, 0.2) is 60.7 Å². The highest BCUT2D eigenvalue weighted by Gasteiger charge is 2.42. The summed E-state index contributed by atoms with van der Waals surface area (Å²) in [5.74, 6) is 1.43. The average molecular weight is 462 g/mol. The summed E-state index contributed by atoms with van der Waals surface area (Å²) in [6, 6.07) is 21.6. The topological polar surface area (TPSA) is 65.3 Å². The minimum absolute atomic E-state index is 0.0626. The lowest BCUT2D eigenvalue weighted by atomic mass is 9.83. The predicted molar refractivity (Wildman–Crippen MR) is 132 cm³/mol. The first-order valence-corrected chi connectivity index (χ1v) is 12.5. The van der Waals surface area contributed by atoms with Crippen LogP contribution in [0.5, 0.6) is 0 Å². The molecule has 180 valence electrons. The fraction of sp³-hybridized carbons (Fsp3) is 0.519. The van der Waals surface area contributed by atoms with Crippen LogP contribution in [0.3, 0.4) is 0 Å². The van der Waals surface area contributed by atoms with Crippen LogP contribution in [0.1, 0.15) is 56.1 Å². The van der Waals surface area contributed by atoms with Crippen LogP contribution in [-0.4, -0.2) is 51.1 Å². The Hall–Kier alpha value is -2.77. The Morgan fingerprint density at radius 2 is 1.62 bits per heavy atom. The van der Waals surface area contributed by atoms with Crippen LogP contribution in [0.4, 0.5) is 5.95 Å². The largest absolute Gasteiger partial charge is 0.376 e. The molecule has 1 aromatic heterocycles. The third-order valence-corrected chi connectivity index (χ3v) is 7.42. The van der Waals surface area contributed by atoms with E-state index in [0.29, 0.717) is 25.2 Å². The molecule has 0 N–H and O–H groups in total. The van der Waals surface area contributed by atoms with Crippen molar-refractivity contribution in [3.8, 4) is 0 Å². The molecule has 2 aromatic carbocycles. The van der Waals surface area contributed by atoms with Crippen LogP contribution in [-0.2, 0) is 23.1 Å². The van der Waals surface area contributed by atoms with Gasteiger partial charge in [-0.1, -0.05) is 65.8 Å². The van der Waals surface area contributed by atoms with Crippen LogP contribution >= 0.6 is 0 Å². The van der Waals surface area contributed by atoms with Crippen molar-refractivity contribution in [3.05, 3.63) is 71.8 Å². The normalized spacial score (nSPS) is 27.2. The van der Waals surface area contributed by atoms with Gasteiger partial charge < -0.3 is 14.4 Å². The second-order valence-corrected chi connectivity index (χ2v) is 9.71. The fourth-order valence-electron chi connectivity index (χ4n) is 5.57. The molecule has 1 saturated heterocycles. The highest BCUT2D eigenvalue weighted by atomic mass is 16.5. The number of tetrazole rings is 1. The minimum Gasteiger partial charge on any atom is -0.376 e. The van der Waals surface area contributed by atoms with E-state index in [1.165, 1.54) is 24.0 Å². The zero-order valence-corrected chi connectivity index (χ0v) is 20.2. The van der Waals surface area contributed by atoms with Crippen LogP contribution in [0.2, 0.25) is 0 Å². The maximum atomic E-state index is 6.55. The summed E-state index contributed by atoms with van der Waals surface area (Å²) in [4.78, 5) is 2.30. The van der Waals surface area contributed by atoms with Gasteiger partial charge in [0.05, 0.1) is 31.5 Å². The van der Waals surface area contributed by atoms with Gasteiger partial charge in [-0.15, -0.1) is 0 Å². The van der Waals surface area contributed by atoms with Gasteiger partial charge in [-0.3, -0.25) is 0 Å². The summed E-state index contributed by atoms with van der Waals surface area (Å²) < 4.78 is 14.8. The molecule has 1 aliphatic heterocycles. The van der Waals surface area contributed by atoms with Gasteiger partial charge in [0.1, 0.15) is 0 Å². The number of hydrogen-bond donors (Lipinski definition) is 0. The number of aromatic nitrogens is 4. The Morgan fingerprint density at radius 3 is 2.29 bits per heavy atom. The van der Waals surface area contributed by atoms with Crippen molar-refractivity contribution in [1.82, 2.24) is 20.2 Å². The van der Waals surface area contributed by atoms with E-state index in [4.69, 9.17) is 9.47 Å². The Labute approximate surface area is 202 Å². The van der Waals surface area contributed by atoms with Crippen molar-refractivity contribution in [2.24, 2.45) is 7.05 Å². The average Bonchev–Trinajstić information content (AvgIpc) is 3.44. The second kappa shape index (κ2) is 10.7. The van der Waals surface area contributed by atoms with Crippen molar-refractivity contribution < 1.29 is 9.47 Å². The van der Waals surface area contributed by atoms with E-state index in [0.717, 1.165) is 25.2 Å². The summed E-state index contributed by atoms with van der Waals surface area (Å²) in [6.45, 7) is 3.44. The molecular formula is C27H35N5O2. The Bertz CT molecular complexity index is 1020. The molecule has 34 heavy (non-hydrogen) atoms. The van der Waals surface area contributed by atoms with Gasteiger partial charge in [-0.25, -0.2) is 4.68 Å². The minimum atomic E-state index is 0.0626. The molecule has 7 nitrogen and oxygen atoms in total. The van der Waals surface area contributed by atoms with Crippen LogP contribution < -0.4 is 4.90 Å². The number of benzene rings is 2. The van der Waals surface area contributed by atoms with Crippen LogP contribution in [0, 0.1) is 0 Å². The number of hydrogen-bond acceptors (Lipinski definition) is 6. The summed E-state index contributed by atoms with van der Waals surface area (Å²) in [6.07, 6.45) is 5.85. The molecule has 7 heteroatoms. The lowest BCUT2D eigenvalue weighted by molar-refractivity contribution is -0.0227. The van der Waals surface area contributed by atoms with Crippen LogP contribution in [0.25, 0.3) is 0 Å². The van der Waals surface area contributed by atoms with E-state index in [-0.39, 0.29) is 18.2 Å². The van der Waals surface area contributed by atoms with Gasteiger partial charge in [0.2, 0.25) is 5.95 Å². The summed E-state index contributed by atoms with van der Waals surface area (Å²) in [5, 5.41) is 12.3. The molecule has 0 spiro atoms. The lowest BCUT2D eigenvalue weighted by Gasteiger charge is -2.33. The van der Waals surface area contributed by atoms with Gasteiger partial charge in [-0.2, -0.15) is 0 Å². The zero-order valence-electron chi connectivity index (χ0n) is 20.2. The Morgan fingerprint density at radius 1 is 0.912 bits per heavy atom. The maximum absolute atomic E-state index is 6.55. The monoisotopic (exact) mass is 461 g/mol. The van der Waals surface area contributed by atoms with Crippen molar-refractivity contribution in [2.45, 2.75) is 75.8 Å². The SMILES string of the molecule is CC1CC(OCc2ccccc2)C(COC2CCC(c3ccccc3)CC2)N1c1nnnn1C. The van der Waals surface area contributed by atoms with Gasteiger partial charge in [0.25, 0.3) is 0 Å². The molecule has 2 fully saturated rings. The van der Waals surface area contributed by atoms with Crippen molar-refractivity contribution in [1.29, 1.82) is 0 Å². The molecular weight excluding hydrogens is 426 g/mol. The molecule has 0 amide bonds. The summed E-state index contributed by atoms with van der Waals surface area (Å²) in [5.41, 5.74) is 2.65. The van der Waals surface area contributed by atoms with Gasteiger partial charge in [0.15, 0.2) is 0 Å². The van der Waals surface area contributed by atoms with E-state index in [1.54, 1.807) is 4.68 Å². The van der Waals surface area contributed by atoms with Gasteiger partial charge in [0, 0.05) is 13.1 Å². The number of nitrogens with zero attached hydrogens (tertiary/aromatic N) is 5. The van der Waals surface area contributed by atoms with Crippen molar-refractivity contribution in [3.63, 3.8) is 0 Å². The zero-order chi connectivity index (χ0) is 23.3. The predicted octanol–water partition coefficient (Wildman–Crippen LogP) is 4.51. The third kappa shape index (κ3) is 5.15. The lowest BCUT2D eigenvalue weighted by Crippen LogP contribution is -2.44. The van der Waals surface area contributed by atoms with E-state index in [9.17, 15) is 0 Å². The molecule has 2 aliphatic rings. The van der Waals surface area contributed by atoms with Crippen molar-refractivity contribution >= 4 is 5.95 Å². The Kier molecular flexibility index (Phi) is 7.21. The highest BCUT2D eigenvalue weighted by molar-refractivity contribution is 5.36. The summed E-state index contributed by atoms with van der Waals surface area (Å²) >= 11 is 0. The Balaban J connectivity index is 1.23. The number of rotatable bonds is 8. The first-order valence-electron chi connectivity index (χ1n) is 12.5. The van der Waals surface area contributed by atoms with E-state index >= 15 is 0 Å². The fourth-order valence-corrected chi connectivity index (χ4v) is 5.57. The van der Waals surface area contributed by atoms with E-state index in [1.807, 2.05) is 13.1 Å². The molecule has 3 atom stereocenters. The summed E-state index contributed by atoms with van der Waals surface area (Å²) in [7, 11) is 1.89. The molecule has 0 bridgehead atoms. The number of ether oxygens (including phenoxy) is 2. The van der Waals surface area contributed by atoms with E-state index in [2.05, 4.69) is 81.9 Å². The van der Waals surface area contributed by atoms with E-state index < -0.39 is 0 Å². The van der Waals surface area contributed by atoms with Crippen molar-refractivity contribution in [2.75, 3.05) is 11.5 Å². The molecule has 1 aliphatic carbocycles. The number of aryl methyl sites for hydroxylation is 1. The maximum Gasteiger partial charge on any atom is 0.245 e.